The Morgan fingerprint density at radius 3 is 1.38 bits per heavy atom. The Morgan fingerprint density at radius 1 is 0.647 bits per heavy atom. The van der Waals surface area contributed by atoms with Crippen LogP contribution in [0.2, 0.25) is 0 Å². The molecule has 0 N–H and O–H groups in total. The Balaban J connectivity index is 1.60. The molecule has 0 bridgehead atoms. The van der Waals surface area contributed by atoms with Gasteiger partial charge in [-0.1, -0.05) is 76.2 Å². The van der Waals surface area contributed by atoms with E-state index in [4.69, 9.17) is 9.47 Å². The zero-order chi connectivity index (χ0) is 24.5. The topological polar surface area (TPSA) is 52.6 Å². The van der Waals surface area contributed by atoms with E-state index >= 15 is 0 Å². The Morgan fingerprint density at radius 2 is 1.03 bits per heavy atom. The zero-order valence-electron chi connectivity index (χ0n) is 20.5. The second-order valence-electron chi connectivity index (χ2n) is 8.82. The molecule has 2 atom stereocenters. The molecule has 3 aromatic rings. The van der Waals surface area contributed by atoms with E-state index in [-0.39, 0.29) is 11.9 Å². The van der Waals surface area contributed by atoms with Crippen LogP contribution >= 0.6 is 0 Å². The fraction of sp³-hybridized carbons (Fsp3) is 0.333. The Labute approximate surface area is 202 Å². The molecule has 0 spiro atoms. The lowest BCUT2D eigenvalue weighted by atomic mass is 9.90. The summed E-state index contributed by atoms with van der Waals surface area (Å²) in [6.07, 6.45) is 2.61. The molecule has 4 nitrogen and oxygen atoms in total. The number of benzene rings is 3. The molecule has 3 aromatic carbocycles. The number of hydrogen-bond acceptors (Lipinski definition) is 4. The van der Waals surface area contributed by atoms with Crippen LogP contribution in [0.25, 0.3) is 0 Å². The van der Waals surface area contributed by atoms with Gasteiger partial charge in [0.15, 0.2) is 0 Å². The summed E-state index contributed by atoms with van der Waals surface area (Å²) in [6, 6.07) is 24.4. The van der Waals surface area contributed by atoms with Crippen LogP contribution in [0.1, 0.15) is 74.6 Å². The van der Waals surface area contributed by atoms with E-state index < -0.39 is 0 Å². The molecule has 4 heteroatoms. The highest BCUT2D eigenvalue weighted by Crippen LogP contribution is 2.26. The molecule has 0 saturated carbocycles. The van der Waals surface area contributed by atoms with E-state index in [1.165, 1.54) is 22.3 Å². The van der Waals surface area contributed by atoms with Gasteiger partial charge >= 0.3 is 11.9 Å². The molecule has 3 rings (SSSR count). The molecule has 0 fully saturated rings. The highest BCUT2D eigenvalue weighted by molar-refractivity contribution is 5.72. The SMILES string of the molecule is CCC(=O)Oc1ccc(C(C)Cc2cccc(CC(C)c3ccc(OC(=O)CC)cc3)c2)cc1. The van der Waals surface area contributed by atoms with Crippen LogP contribution in [0.4, 0.5) is 0 Å². The number of rotatable bonds is 10. The van der Waals surface area contributed by atoms with Crippen molar-refractivity contribution >= 4 is 11.9 Å². The summed E-state index contributed by atoms with van der Waals surface area (Å²) in [6.45, 7) is 8.01. The molecule has 0 amide bonds. The average Bonchev–Trinajstić information content (AvgIpc) is 2.85. The van der Waals surface area contributed by atoms with Gasteiger partial charge in [-0.3, -0.25) is 9.59 Å². The number of hydrogen-bond donors (Lipinski definition) is 0. The van der Waals surface area contributed by atoms with Gasteiger partial charge in [0.1, 0.15) is 11.5 Å². The van der Waals surface area contributed by atoms with E-state index in [1.54, 1.807) is 13.8 Å². The molecule has 0 aliphatic rings. The largest absolute Gasteiger partial charge is 0.427 e. The second-order valence-corrected chi connectivity index (χ2v) is 8.82. The average molecular weight is 459 g/mol. The van der Waals surface area contributed by atoms with Gasteiger partial charge < -0.3 is 9.47 Å². The molecule has 34 heavy (non-hydrogen) atoms. The summed E-state index contributed by atoms with van der Waals surface area (Å²) < 4.78 is 10.5. The zero-order valence-corrected chi connectivity index (χ0v) is 20.5. The van der Waals surface area contributed by atoms with E-state index in [0.29, 0.717) is 36.2 Å². The van der Waals surface area contributed by atoms with Crippen molar-refractivity contribution in [2.24, 2.45) is 0 Å². The van der Waals surface area contributed by atoms with Gasteiger partial charge in [-0.15, -0.1) is 0 Å². The van der Waals surface area contributed by atoms with Crippen molar-refractivity contribution < 1.29 is 19.1 Å². The normalized spacial score (nSPS) is 12.6. The van der Waals surface area contributed by atoms with Crippen LogP contribution in [0, 0.1) is 0 Å². The third kappa shape index (κ3) is 7.31. The molecule has 178 valence electrons. The summed E-state index contributed by atoms with van der Waals surface area (Å²) in [5.41, 5.74) is 5.05. The highest BCUT2D eigenvalue weighted by atomic mass is 16.5. The Hall–Kier alpha value is -3.40. The first-order chi connectivity index (χ1) is 16.4. The third-order valence-corrected chi connectivity index (χ3v) is 6.01. The maximum Gasteiger partial charge on any atom is 0.310 e. The smallest absolute Gasteiger partial charge is 0.310 e. The van der Waals surface area contributed by atoms with Crippen LogP contribution in [-0.2, 0) is 22.4 Å². The Kier molecular flexibility index (Phi) is 9.03. The third-order valence-electron chi connectivity index (χ3n) is 6.01. The standard InChI is InChI=1S/C30H34O4/c1-5-29(31)33-27-14-10-25(11-15-27)21(3)18-23-8-7-9-24(20-23)19-22(4)26-12-16-28(17-13-26)34-30(32)6-2/h7-17,20-22H,5-6,18-19H2,1-4H3. The van der Waals surface area contributed by atoms with Crippen molar-refractivity contribution in [1.82, 2.24) is 0 Å². The maximum atomic E-state index is 11.5. The first-order valence-electron chi connectivity index (χ1n) is 12.1. The van der Waals surface area contributed by atoms with Crippen LogP contribution in [-0.4, -0.2) is 11.9 Å². The van der Waals surface area contributed by atoms with Crippen LogP contribution < -0.4 is 9.47 Å². The summed E-state index contributed by atoms with van der Waals surface area (Å²) >= 11 is 0. The Bertz CT molecular complexity index is 999. The number of ether oxygens (including phenoxy) is 2. The minimum Gasteiger partial charge on any atom is -0.427 e. The fourth-order valence-corrected chi connectivity index (χ4v) is 3.96. The fourth-order valence-electron chi connectivity index (χ4n) is 3.96. The summed E-state index contributed by atoms with van der Waals surface area (Å²) in [4.78, 5) is 22.9. The van der Waals surface area contributed by atoms with Crippen LogP contribution in [0.3, 0.4) is 0 Å². The van der Waals surface area contributed by atoms with E-state index in [2.05, 4.69) is 38.1 Å². The second kappa shape index (κ2) is 12.2. The van der Waals surface area contributed by atoms with Crippen LogP contribution in [0.15, 0.2) is 72.8 Å². The molecule has 0 heterocycles. The summed E-state index contributed by atoms with van der Waals surface area (Å²) in [7, 11) is 0. The maximum absolute atomic E-state index is 11.5. The quantitative estimate of drug-likeness (QED) is 0.242. The molecular weight excluding hydrogens is 424 g/mol. The minimum absolute atomic E-state index is 0.220. The lowest BCUT2D eigenvalue weighted by Crippen LogP contribution is -2.06. The van der Waals surface area contributed by atoms with E-state index in [9.17, 15) is 9.59 Å². The summed E-state index contributed by atoms with van der Waals surface area (Å²) in [5.74, 6) is 1.44. The van der Waals surface area contributed by atoms with Gasteiger partial charge in [-0.2, -0.15) is 0 Å². The molecule has 0 saturated heterocycles. The highest BCUT2D eigenvalue weighted by Gasteiger charge is 2.11. The van der Waals surface area contributed by atoms with Crippen LogP contribution in [0.5, 0.6) is 11.5 Å². The van der Waals surface area contributed by atoms with E-state index in [0.717, 1.165) is 12.8 Å². The molecule has 0 radical (unpaired) electrons. The number of carbonyl (C=O) groups is 2. The molecule has 0 aliphatic carbocycles. The molecule has 0 aliphatic heterocycles. The van der Waals surface area contributed by atoms with Crippen molar-refractivity contribution in [3.8, 4) is 11.5 Å². The lowest BCUT2D eigenvalue weighted by Gasteiger charge is -2.16. The van der Waals surface area contributed by atoms with Gasteiger partial charge in [-0.25, -0.2) is 0 Å². The lowest BCUT2D eigenvalue weighted by molar-refractivity contribution is -0.134. The molecular formula is C30H34O4. The molecule has 0 aromatic heterocycles. The predicted octanol–water partition coefficient (Wildman–Crippen LogP) is 7.01. The van der Waals surface area contributed by atoms with Crippen molar-refractivity contribution in [3.05, 3.63) is 95.1 Å². The van der Waals surface area contributed by atoms with Gasteiger partial charge in [-0.05, 0) is 71.2 Å². The first-order valence-corrected chi connectivity index (χ1v) is 12.1. The van der Waals surface area contributed by atoms with Gasteiger partial charge in [0, 0.05) is 12.8 Å². The molecule has 2 unspecified atom stereocenters. The van der Waals surface area contributed by atoms with Gasteiger partial charge in [0.05, 0.1) is 0 Å². The minimum atomic E-state index is -0.220. The van der Waals surface area contributed by atoms with Gasteiger partial charge in [0.2, 0.25) is 0 Å². The van der Waals surface area contributed by atoms with Gasteiger partial charge in [0.25, 0.3) is 0 Å². The van der Waals surface area contributed by atoms with Crippen molar-refractivity contribution in [2.75, 3.05) is 0 Å². The number of carbonyl (C=O) groups excluding carboxylic acids is 2. The summed E-state index contributed by atoms with van der Waals surface area (Å²) in [5, 5.41) is 0. The van der Waals surface area contributed by atoms with Crippen molar-refractivity contribution in [3.63, 3.8) is 0 Å². The van der Waals surface area contributed by atoms with Crippen molar-refractivity contribution in [1.29, 1.82) is 0 Å². The van der Waals surface area contributed by atoms with E-state index in [1.807, 2.05) is 48.5 Å². The predicted molar refractivity (Wildman–Crippen MR) is 135 cm³/mol. The number of esters is 2. The monoisotopic (exact) mass is 458 g/mol. The van der Waals surface area contributed by atoms with Crippen molar-refractivity contribution in [2.45, 2.75) is 65.2 Å². The first kappa shape index (κ1) is 25.2.